The van der Waals surface area contributed by atoms with Crippen LogP contribution in [-0.4, -0.2) is 14.2 Å². The van der Waals surface area contributed by atoms with Crippen LogP contribution in [0, 0.1) is 5.82 Å². The van der Waals surface area contributed by atoms with Crippen molar-refractivity contribution in [2.75, 3.05) is 14.2 Å². The quantitative estimate of drug-likeness (QED) is 0.763. The smallest absolute Gasteiger partial charge is 0.183 e. The Morgan fingerprint density at radius 1 is 1.18 bits per heavy atom. The number of halogens is 1. The second kappa shape index (κ2) is 5.12. The zero-order valence-electron chi connectivity index (χ0n) is 9.64. The van der Waals surface area contributed by atoms with Gasteiger partial charge in [0.05, 0.1) is 6.26 Å². The van der Waals surface area contributed by atoms with Crippen LogP contribution in [0.15, 0.2) is 41.0 Å². The van der Waals surface area contributed by atoms with Crippen molar-refractivity contribution in [2.45, 2.75) is 6.29 Å². The lowest BCUT2D eigenvalue weighted by Gasteiger charge is -2.16. The van der Waals surface area contributed by atoms with Crippen molar-refractivity contribution in [1.29, 1.82) is 0 Å². The van der Waals surface area contributed by atoms with Gasteiger partial charge in [-0.25, -0.2) is 4.39 Å². The molecule has 0 fully saturated rings. The van der Waals surface area contributed by atoms with Crippen LogP contribution in [0.1, 0.15) is 11.9 Å². The van der Waals surface area contributed by atoms with E-state index in [0.717, 1.165) is 5.56 Å². The van der Waals surface area contributed by atoms with E-state index in [1.807, 2.05) is 0 Å². The molecule has 0 amide bonds. The van der Waals surface area contributed by atoms with Gasteiger partial charge in [-0.15, -0.1) is 0 Å². The molecule has 1 aromatic carbocycles. The van der Waals surface area contributed by atoms with Gasteiger partial charge in [0.1, 0.15) is 11.6 Å². The van der Waals surface area contributed by atoms with E-state index in [2.05, 4.69) is 0 Å². The maximum atomic E-state index is 13.3. The predicted molar refractivity (Wildman–Crippen MR) is 60.9 cm³/mol. The molecule has 2 aromatic rings. The summed E-state index contributed by atoms with van der Waals surface area (Å²) < 4.78 is 28.9. The molecule has 0 bridgehead atoms. The van der Waals surface area contributed by atoms with Crippen LogP contribution >= 0.6 is 0 Å². The summed E-state index contributed by atoms with van der Waals surface area (Å²) in [7, 11) is 3.01. The summed E-state index contributed by atoms with van der Waals surface area (Å²) in [5.41, 5.74) is 1.36. The maximum absolute atomic E-state index is 13.3. The summed E-state index contributed by atoms with van der Waals surface area (Å²) in [5.74, 6) is 0.313. The van der Waals surface area contributed by atoms with Gasteiger partial charge in [-0.3, -0.25) is 0 Å². The van der Waals surface area contributed by atoms with Crippen molar-refractivity contribution in [1.82, 2.24) is 0 Å². The van der Waals surface area contributed by atoms with Gasteiger partial charge in [-0.05, 0) is 30.3 Å². The zero-order valence-corrected chi connectivity index (χ0v) is 9.64. The van der Waals surface area contributed by atoms with Crippen molar-refractivity contribution in [2.24, 2.45) is 0 Å². The Morgan fingerprint density at radius 2 is 1.94 bits per heavy atom. The first kappa shape index (κ1) is 11.8. The van der Waals surface area contributed by atoms with Gasteiger partial charge in [0.2, 0.25) is 0 Å². The molecule has 17 heavy (non-hydrogen) atoms. The Balaban J connectivity index is 2.51. The summed E-state index contributed by atoms with van der Waals surface area (Å²) in [6.45, 7) is 0. The molecule has 0 spiro atoms. The molecule has 0 aliphatic rings. The normalized spacial score (nSPS) is 11.1. The highest BCUT2D eigenvalue weighted by Crippen LogP contribution is 2.31. The molecule has 90 valence electrons. The molecular formula is C13H13FO3. The van der Waals surface area contributed by atoms with E-state index < -0.39 is 6.29 Å². The standard InChI is InChI=1S/C13H13FO3/c1-15-13(16-2)11-8-9(14)5-6-10(11)12-4-3-7-17-12/h3-8,13H,1-2H3. The third-order valence-electron chi connectivity index (χ3n) is 2.48. The van der Waals surface area contributed by atoms with Gasteiger partial charge in [-0.1, -0.05) is 0 Å². The predicted octanol–water partition coefficient (Wildman–Crippen LogP) is 3.38. The SMILES string of the molecule is COC(OC)c1cc(F)ccc1-c1ccco1. The molecule has 4 heteroatoms. The zero-order chi connectivity index (χ0) is 12.3. The van der Waals surface area contributed by atoms with Gasteiger partial charge in [0.25, 0.3) is 0 Å². The second-order valence-electron chi connectivity index (χ2n) is 3.51. The van der Waals surface area contributed by atoms with E-state index in [1.165, 1.54) is 26.4 Å². The van der Waals surface area contributed by atoms with Crippen molar-refractivity contribution in [3.8, 4) is 11.3 Å². The monoisotopic (exact) mass is 236 g/mol. The highest BCUT2D eigenvalue weighted by atomic mass is 19.1. The van der Waals surface area contributed by atoms with E-state index in [9.17, 15) is 4.39 Å². The highest BCUT2D eigenvalue weighted by Gasteiger charge is 2.17. The van der Waals surface area contributed by atoms with E-state index in [4.69, 9.17) is 13.9 Å². The van der Waals surface area contributed by atoms with E-state index in [-0.39, 0.29) is 5.82 Å². The first-order valence-electron chi connectivity index (χ1n) is 5.15. The molecule has 0 saturated heterocycles. The van der Waals surface area contributed by atoms with Crippen molar-refractivity contribution < 1.29 is 18.3 Å². The van der Waals surface area contributed by atoms with Crippen LogP contribution in [-0.2, 0) is 9.47 Å². The number of hydrogen-bond donors (Lipinski definition) is 0. The molecule has 0 unspecified atom stereocenters. The minimum Gasteiger partial charge on any atom is -0.464 e. The fraction of sp³-hybridized carbons (Fsp3) is 0.231. The molecule has 1 aromatic heterocycles. The molecule has 3 nitrogen and oxygen atoms in total. The van der Waals surface area contributed by atoms with Gasteiger partial charge in [0.15, 0.2) is 6.29 Å². The van der Waals surface area contributed by atoms with Crippen LogP contribution in [0.2, 0.25) is 0 Å². The summed E-state index contributed by atoms with van der Waals surface area (Å²) in [4.78, 5) is 0. The summed E-state index contributed by atoms with van der Waals surface area (Å²) in [6, 6.07) is 7.99. The molecule has 1 heterocycles. The fourth-order valence-corrected chi connectivity index (χ4v) is 1.73. The third-order valence-corrected chi connectivity index (χ3v) is 2.48. The number of benzene rings is 1. The van der Waals surface area contributed by atoms with Gasteiger partial charge in [-0.2, -0.15) is 0 Å². The van der Waals surface area contributed by atoms with E-state index >= 15 is 0 Å². The molecule has 0 radical (unpaired) electrons. The molecule has 0 aliphatic heterocycles. The molecule has 0 saturated carbocycles. The third kappa shape index (κ3) is 2.38. The van der Waals surface area contributed by atoms with Crippen LogP contribution in [0.5, 0.6) is 0 Å². The average Bonchev–Trinajstić information content (AvgIpc) is 2.84. The largest absolute Gasteiger partial charge is 0.464 e. The van der Waals surface area contributed by atoms with Gasteiger partial charge in [0, 0.05) is 25.3 Å². The Morgan fingerprint density at radius 3 is 2.53 bits per heavy atom. The van der Waals surface area contributed by atoms with E-state index in [1.54, 1.807) is 24.5 Å². The van der Waals surface area contributed by atoms with Crippen molar-refractivity contribution >= 4 is 0 Å². The van der Waals surface area contributed by atoms with Crippen LogP contribution in [0.3, 0.4) is 0 Å². The maximum Gasteiger partial charge on any atom is 0.183 e. The topological polar surface area (TPSA) is 31.6 Å². The number of rotatable bonds is 4. The number of methoxy groups -OCH3 is 2. The number of ether oxygens (including phenoxy) is 2. The van der Waals surface area contributed by atoms with Gasteiger partial charge < -0.3 is 13.9 Å². The first-order chi connectivity index (χ1) is 8.26. The summed E-state index contributed by atoms with van der Waals surface area (Å²) in [6.07, 6.45) is 0.947. The molecule has 0 atom stereocenters. The second-order valence-corrected chi connectivity index (χ2v) is 3.51. The van der Waals surface area contributed by atoms with Crippen molar-refractivity contribution in [3.05, 3.63) is 48.0 Å². The first-order valence-corrected chi connectivity index (χ1v) is 5.15. The van der Waals surface area contributed by atoms with Crippen molar-refractivity contribution in [3.63, 3.8) is 0 Å². The lowest BCUT2D eigenvalue weighted by atomic mass is 10.0. The van der Waals surface area contributed by atoms with Gasteiger partial charge >= 0.3 is 0 Å². The lowest BCUT2D eigenvalue weighted by Crippen LogP contribution is -2.05. The minimum absolute atomic E-state index is 0.339. The number of hydrogen-bond acceptors (Lipinski definition) is 3. The Kier molecular flexibility index (Phi) is 3.56. The van der Waals surface area contributed by atoms with Crippen LogP contribution in [0.25, 0.3) is 11.3 Å². The summed E-state index contributed by atoms with van der Waals surface area (Å²) >= 11 is 0. The Hall–Kier alpha value is -1.65. The van der Waals surface area contributed by atoms with E-state index in [0.29, 0.717) is 11.3 Å². The average molecular weight is 236 g/mol. The number of furan rings is 1. The summed E-state index contributed by atoms with van der Waals surface area (Å²) in [5, 5.41) is 0. The fourth-order valence-electron chi connectivity index (χ4n) is 1.73. The Bertz CT molecular complexity index is 475. The molecule has 2 rings (SSSR count). The lowest BCUT2D eigenvalue weighted by molar-refractivity contribution is -0.105. The molecular weight excluding hydrogens is 223 g/mol. The minimum atomic E-state index is -0.620. The molecule has 0 aliphatic carbocycles. The van der Waals surface area contributed by atoms with Crippen LogP contribution in [0.4, 0.5) is 4.39 Å². The highest BCUT2D eigenvalue weighted by molar-refractivity contribution is 5.62. The Labute approximate surface area is 98.8 Å². The van der Waals surface area contributed by atoms with Crippen LogP contribution < -0.4 is 0 Å². The molecule has 0 N–H and O–H groups in total.